The zero-order valence-electron chi connectivity index (χ0n) is 17.1. The van der Waals surface area contributed by atoms with Gasteiger partial charge in [-0.1, -0.05) is 36.4 Å². The summed E-state index contributed by atoms with van der Waals surface area (Å²) in [6.45, 7) is 11.1. The molecule has 0 aliphatic heterocycles. The molecule has 0 spiro atoms. The number of nitrogens with one attached hydrogen (secondary N) is 3. The highest BCUT2D eigenvalue weighted by Crippen LogP contribution is 2.20. The van der Waals surface area contributed by atoms with E-state index in [1.54, 1.807) is 0 Å². The molecule has 5 heteroatoms. The molecule has 3 N–H and O–H groups in total. The van der Waals surface area contributed by atoms with Crippen LogP contribution in [0.2, 0.25) is 0 Å². The molecule has 2 aromatic carbocycles. The van der Waals surface area contributed by atoms with Gasteiger partial charge in [0.25, 0.3) is 11.8 Å². The minimum atomic E-state index is -0.261. The van der Waals surface area contributed by atoms with Crippen LogP contribution >= 0.6 is 0 Å². The topological polar surface area (TPSA) is 62.6 Å². The standard InChI is InChI=1S/C22H31N3O2/c1-6-25(15-21(27)24-22(3,4)5)14-20(26)23-16(2)18-12-11-17-9-7-8-10-19(17)13-18/h7-13,16H,6,14-15H2,1-5H3,(H,23,26)(H,24,27)/p+1/t16-/m0/s1. The molecule has 2 rings (SSSR count). The van der Waals surface area contributed by atoms with Crippen LogP contribution in [0.4, 0.5) is 0 Å². The van der Waals surface area contributed by atoms with Crippen molar-refractivity contribution < 1.29 is 14.5 Å². The summed E-state index contributed by atoms with van der Waals surface area (Å²) in [4.78, 5) is 25.5. The van der Waals surface area contributed by atoms with Crippen LogP contribution in [0.3, 0.4) is 0 Å². The van der Waals surface area contributed by atoms with Gasteiger partial charge < -0.3 is 15.5 Å². The largest absolute Gasteiger partial charge is 0.347 e. The average Bonchev–Trinajstić information content (AvgIpc) is 2.58. The second-order valence-electron chi connectivity index (χ2n) is 8.15. The molecule has 0 aliphatic carbocycles. The third-order valence-corrected chi connectivity index (χ3v) is 4.49. The number of hydrogen-bond donors (Lipinski definition) is 3. The molecule has 2 atom stereocenters. The minimum absolute atomic E-state index is 0.0327. The van der Waals surface area contributed by atoms with Crippen molar-refractivity contribution in [2.75, 3.05) is 19.6 Å². The van der Waals surface area contributed by atoms with Crippen LogP contribution in [0.15, 0.2) is 42.5 Å². The summed E-state index contributed by atoms with van der Waals surface area (Å²) in [7, 11) is 0. The number of likely N-dealkylation sites (N-methyl/N-ethyl adjacent to an activating group) is 1. The minimum Gasteiger partial charge on any atom is -0.347 e. The van der Waals surface area contributed by atoms with Crippen LogP contribution in [0.1, 0.15) is 46.2 Å². The van der Waals surface area contributed by atoms with Crippen LogP contribution in [0.25, 0.3) is 10.8 Å². The first-order valence-electron chi connectivity index (χ1n) is 9.60. The lowest BCUT2D eigenvalue weighted by molar-refractivity contribution is -0.881. The average molecular weight is 371 g/mol. The molecule has 0 aromatic heterocycles. The molecule has 0 saturated carbocycles. The number of carbonyl (C=O) groups is 2. The second-order valence-corrected chi connectivity index (χ2v) is 8.15. The number of hydrogen-bond acceptors (Lipinski definition) is 2. The van der Waals surface area contributed by atoms with Gasteiger partial charge in [-0.15, -0.1) is 0 Å². The first-order valence-corrected chi connectivity index (χ1v) is 9.60. The number of carbonyl (C=O) groups excluding carboxylic acids is 2. The third-order valence-electron chi connectivity index (χ3n) is 4.49. The summed E-state index contributed by atoms with van der Waals surface area (Å²) < 4.78 is 0. The zero-order chi connectivity index (χ0) is 20.0. The molecule has 2 aromatic rings. The Morgan fingerprint density at radius 2 is 1.63 bits per heavy atom. The fourth-order valence-corrected chi connectivity index (χ4v) is 3.08. The molecule has 0 fully saturated rings. The molecule has 0 aliphatic rings. The van der Waals surface area contributed by atoms with Gasteiger partial charge in [0, 0.05) is 5.54 Å². The Morgan fingerprint density at radius 3 is 2.26 bits per heavy atom. The van der Waals surface area contributed by atoms with Crippen molar-refractivity contribution in [3.05, 3.63) is 48.0 Å². The maximum atomic E-state index is 12.5. The van der Waals surface area contributed by atoms with Crippen molar-refractivity contribution in [1.82, 2.24) is 10.6 Å². The van der Waals surface area contributed by atoms with Crippen LogP contribution in [-0.4, -0.2) is 37.0 Å². The van der Waals surface area contributed by atoms with Crippen molar-refractivity contribution >= 4 is 22.6 Å². The number of fused-ring (bicyclic) bond motifs is 1. The fourth-order valence-electron chi connectivity index (χ4n) is 3.08. The third kappa shape index (κ3) is 6.68. The van der Waals surface area contributed by atoms with E-state index < -0.39 is 0 Å². The first kappa shape index (κ1) is 20.9. The number of quaternary nitrogens is 1. The van der Waals surface area contributed by atoms with E-state index >= 15 is 0 Å². The molecule has 1 unspecified atom stereocenters. The lowest BCUT2D eigenvalue weighted by atomic mass is 10.0. The quantitative estimate of drug-likeness (QED) is 0.696. The van der Waals surface area contributed by atoms with E-state index in [2.05, 4.69) is 41.0 Å². The monoisotopic (exact) mass is 370 g/mol. The summed E-state index contributed by atoms with van der Waals surface area (Å²) in [6.07, 6.45) is 0. The van der Waals surface area contributed by atoms with Gasteiger partial charge in [0.15, 0.2) is 13.1 Å². The van der Waals surface area contributed by atoms with Gasteiger partial charge in [-0.2, -0.15) is 0 Å². The van der Waals surface area contributed by atoms with Crippen molar-refractivity contribution in [1.29, 1.82) is 0 Å². The van der Waals surface area contributed by atoms with Crippen LogP contribution < -0.4 is 15.5 Å². The lowest BCUT2D eigenvalue weighted by Crippen LogP contribution is -3.14. The van der Waals surface area contributed by atoms with Gasteiger partial charge in [0.05, 0.1) is 12.6 Å². The van der Waals surface area contributed by atoms with Crippen molar-refractivity contribution in [3.8, 4) is 0 Å². The highest BCUT2D eigenvalue weighted by molar-refractivity contribution is 5.83. The van der Waals surface area contributed by atoms with Crippen LogP contribution in [-0.2, 0) is 9.59 Å². The Bertz CT molecular complexity index is 795. The Labute approximate surface area is 162 Å². The molecule has 5 nitrogen and oxygen atoms in total. The molecule has 0 heterocycles. The summed E-state index contributed by atoms with van der Waals surface area (Å²) >= 11 is 0. The highest BCUT2D eigenvalue weighted by atomic mass is 16.2. The van der Waals surface area contributed by atoms with Crippen molar-refractivity contribution in [2.24, 2.45) is 0 Å². The van der Waals surface area contributed by atoms with Crippen LogP contribution in [0.5, 0.6) is 0 Å². The van der Waals surface area contributed by atoms with E-state index in [9.17, 15) is 9.59 Å². The van der Waals surface area contributed by atoms with Crippen molar-refractivity contribution in [3.63, 3.8) is 0 Å². The second kappa shape index (κ2) is 9.00. The van der Waals surface area contributed by atoms with Crippen molar-refractivity contribution in [2.45, 2.75) is 46.2 Å². The summed E-state index contributed by atoms with van der Waals surface area (Å²) in [5.74, 6) is -0.0780. The molecule has 27 heavy (non-hydrogen) atoms. The van der Waals surface area contributed by atoms with E-state index in [1.807, 2.05) is 46.8 Å². The SMILES string of the molecule is CC[NH+](CC(=O)N[C@@H](C)c1ccc2ccccc2c1)CC(=O)NC(C)(C)C. The van der Waals surface area contributed by atoms with Gasteiger partial charge >= 0.3 is 0 Å². The maximum absolute atomic E-state index is 12.5. The lowest BCUT2D eigenvalue weighted by Gasteiger charge is -2.23. The molecule has 0 radical (unpaired) electrons. The predicted molar refractivity (Wildman–Crippen MR) is 110 cm³/mol. The van der Waals surface area contributed by atoms with Gasteiger partial charge in [-0.25, -0.2) is 0 Å². The molecule has 146 valence electrons. The van der Waals surface area contributed by atoms with Gasteiger partial charge in [-0.05, 0) is 57.0 Å². The van der Waals surface area contributed by atoms with Gasteiger partial charge in [0.2, 0.25) is 0 Å². The normalized spacial score (nSPS) is 13.8. The van der Waals surface area contributed by atoms with Gasteiger partial charge in [-0.3, -0.25) is 9.59 Å². The molecular weight excluding hydrogens is 338 g/mol. The summed E-state index contributed by atoms with van der Waals surface area (Å²) in [5, 5.41) is 8.35. The smallest absolute Gasteiger partial charge is 0.275 e. The Kier molecular flexibility index (Phi) is 6.97. The predicted octanol–water partition coefficient (Wildman–Crippen LogP) is 1.84. The fraction of sp³-hybridized carbons (Fsp3) is 0.455. The molecular formula is C22H32N3O2+. The summed E-state index contributed by atoms with van der Waals surface area (Å²) in [5.41, 5.74) is 0.813. The van der Waals surface area contributed by atoms with E-state index in [0.29, 0.717) is 6.54 Å². The first-order chi connectivity index (χ1) is 12.7. The van der Waals surface area contributed by atoms with E-state index in [-0.39, 0.29) is 29.9 Å². The highest BCUT2D eigenvalue weighted by Gasteiger charge is 2.21. The Morgan fingerprint density at radius 1 is 1.00 bits per heavy atom. The molecule has 0 saturated heterocycles. The number of rotatable bonds is 7. The molecule has 0 bridgehead atoms. The molecule has 2 amide bonds. The Hall–Kier alpha value is -2.40. The van der Waals surface area contributed by atoms with E-state index in [1.165, 1.54) is 5.39 Å². The van der Waals surface area contributed by atoms with Crippen LogP contribution in [0, 0.1) is 0 Å². The zero-order valence-corrected chi connectivity index (χ0v) is 17.1. The summed E-state index contributed by atoms with van der Waals surface area (Å²) in [6, 6.07) is 14.3. The number of benzene rings is 2. The van der Waals surface area contributed by atoms with Gasteiger partial charge in [0.1, 0.15) is 0 Å². The van der Waals surface area contributed by atoms with E-state index in [0.717, 1.165) is 22.4 Å². The Balaban J connectivity index is 1.93. The maximum Gasteiger partial charge on any atom is 0.275 e. The number of amides is 2. The van der Waals surface area contributed by atoms with E-state index in [4.69, 9.17) is 0 Å².